The number of carboxylic acids is 1. The molecule has 0 bridgehead atoms. The maximum absolute atomic E-state index is 10.9. The van der Waals surface area contributed by atoms with E-state index in [1.807, 2.05) is 0 Å². The van der Waals surface area contributed by atoms with Crippen LogP contribution in [-0.4, -0.2) is 17.2 Å². The van der Waals surface area contributed by atoms with E-state index in [0.717, 1.165) is 42.9 Å². The van der Waals surface area contributed by atoms with Gasteiger partial charge in [-0.25, -0.2) is 0 Å². The fourth-order valence-electron chi connectivity index (χ4n) is 8.76. The number of rotatable bonds is 4. The topological polar surface area (TPSA) is 60.4 Å². The zero-order valence-electron chi connectivity index (χ0n) is 18.6. The molecule has 0 saturated heterocycles. The van der Waals surface area contributed by atoms with Crippen LogP contribution in [0.3, 0.4) is 0 Å². The number of hydrogen-bond donors (Lipinski definition) is 1. The molecule has 4 heteroatoms. The molecular weight excluding hydrogens is 375 g/mol. The van der Waals surface area contributed by atoms with Gasteiger partial charge in [-0.3, -0.25) is 0 Å². The van der Waals surface area contributed by atoms with Crippen molar-refractivity contribution in [2.45, 2.75) is 97.5 Å². The number of carboxylic acid groups (broad SMARTS) is 1. The third-order valence-corrected chi connectivity index (χ3v) is 10.2. The molecule has 0 radical (unpaired) electrons. The molecule has 0 spiro atoms. The fraction of sp³-hybridized carbons (Fsp3) is 0.958. The normalized spacial score (nSPS) is 48.6. The van der Waals surface area contributed by atoms with E-state index < -0.39 is 5.97 Å². The van der Waals surface area contributed by atoms with Crippen LogP contribution in [0.5, 0.6) is 0 Å². The summed E-state index contributed by atoms with van der Waals surface area (Å²) < 4.78 is 0. The molecule has 4 rings (SSSR count). The van der Waals surface area contributed by atoms with Gasteiger partial charge in [0, 0.05) is 5.97 Å². The van der Waals surface area contributed by atoms with Crippen LogP contribution >= 0.6 is 0 Å². The largest absolute Gasteiger partial charge is 1.00 e. The van der Waals surface area contributed by atoms with E-state index in [1.54, 1.807) is 0 Å². The van der Waals surface area contributed by atoms with E-state index in [-0.39, 0.29) is 63.9 Å². The van der Waals surface area contributed by atoms with Gasteiger partial charge in [-0.05, 0) is 117 Å². The summed E-state index contributed by atoms with van der Waals surface area (Å²) >= 11 is 0. The van der Waals surface area contributed by atoms with Gasteiger partial charge in [0.25, 0.3) is 0 Å². The Morgan fingerprint density at radius 3 is 2.43 bits per heavy atom. The summed E-state index contributed by atoms with van der Waals surface area (Å²) in [6, 6.07) is 0. The second-order valence-corrected chi connectivity index (χ2v) is 11.2. The zero-order chi connectivity index (χ0) is 19.4. The van der Waals surface area contributed by atoms with Gasteiger partial charge in [-0.2, -0.15) is 0 Å². The second-order valence-electron chi connectivity index (χ2n) is 11.2. The van der Waals surface area contributed by atoms with Gasteiger partial charge in [0.05, 0.1) is 6.10 Å². The molecule has 1 unspecified atom stereocenters. The van der Waals surface area contributed by atoms with E-state index in [4.69, 9.17) is 0 Å². The maximum atomic E-state index is 10.9. The molecule has 9 atom stereocenters. The van der Waals surface area contributed by atoms with Crippen LogP contribution in [0.4, 0.5) is 0 Å². The first-order valence-electron chi connectivity index (χ1n) is 11.6. The first-order chi connectivity index (χ1) is 12.8. The summed E-state index contributed by atoms with van der Waals surface area (Å²) in [6.07, 6.45) is 12.2. The summed E-state index contributed by atoms with van der Waals surface area (Å²) in [6.45, 7) is 7.38. The first-order valence-corrected chi connectivity index (χ1v) is 11.6. The number of aliphatic hydroxyl groups is 1. The Balaban J connectivity index is 0.00000225. The van der Waals surface area contributed by atoms with Crippen molar-refractivity contribution >= 4 is 5.97 Å². The molecule has 0 aromatic rings. The SMILES string of the molecule is C[C@H](CCC(=O)[O-])[C@H]1CC[C@H]2[C@@H]3CC[C@@H]4C[C@H](O)CC[C@]4(C)C3CC[C@]12C.[K+]. The summed E-state index contributed by atoms with van der Waals surface area (Å²) in [5.74, 6) is 3.55. The maximum Gasteiger partial charge on any atom is 1.00 e. The van der Waals surface area contributed by atoms with Crippen molar-refractivity contribution in [3.8, 4) is 0 Å². The van der Waals surface area contributed by atoms with E-state index in [0.29, 0.717) is 22.7 Å². The third-order valence-electron chi connectivity index (χ3n) is 10.2. The molecule has 0 aromatic carbocycles. The minimum Gasteiger partial charge on any atom is -0.550 e. The molecule has 28 heavy (non-hydrogen) atoms. The predicted molar refractivity (Wildman–Crippen MR) is 105 cm³/mol. The summed E-state index contributed by atoms with van der Waals surface area (Å²) in [7, 11) is 0. The molecule has 4 aliphatic carbocycles. The van der Waals surface area contributed by atoms with Crippen LogP contribution in [-0.2, 0) is 4.79 Å². The van der Waals surface area contributed by atoms with E-state index in [1.165, 1.54) is 44.9 Å². The Morgan fingerprint density at radius 1 is 1.04 bits per heavy atom. The number of aliphatic hydroxyl groups excluding tert-OH is 1. The first kappa shape index (κ1) is 23.7. The standard InChI is InChI=1S/C24H40O3.K/c1-15(4-9-22(26)27)19-7-8-20-18-6-5-16-14-17(25)10-12-23(16,2)21(18)11-13-24(19,20)3;/h15-21,25H,4-14H2,1-3H3,(H,26,27);/q;+1/p-1/t15-,16-,17-,18+,19-,20+,21?,23+,24-;/m1./s1. The molecule has 0 aromatic heterocycles. The zero-order valence-corrected chi connectivity index (χ0v) is 21.7. The van der Waals surface area contributed by atoms with Crippen molar-refractivity contribution in [1.29, 1.82) is 0 Å². The summed E-state index contributed by atoms with van der Waals surface area (Å²) in [4.78, 5) is 10.9. The smallest absolute Gasteiger partial charge is 0.550 e. The Hall–Kier alpha value is 1.07. The Morgan fingerprint density at radius 2 is 1.71 bits per heavy atom. The van der Waals surface area contributed by atoms with Crippen LogP contribution in [0.15, 0.2) is 0 Å². The second kappa shape index (κ2) is 8.90. The van der Waals surface area contributed by atoms with Gasteiger partial charge in [0.1, 0.15) is 0 Å². The average Bonchev–Trinajstić information content (AvgIpc) is 2.97. The number of hydrogen-bond acceptors (Lipinski definition) is 3. The van der Waals surface area contributed by atoms with Gasteiger partial charge in [-0.1, -0.05) is 20.8 Å². The Bertz CT molecular complexity index is 580. The minimum atomic E-state index is -0.893. The third kappa shape index (κ3) is 3.97. The molecule has 4 saturated carbocycles. The summed E-state index contributed by atoms with van der Waals surface area (Å²) in [5, 5.41) is 21.1. The molecule has 4 aliphatic rings. The van der Waals surface area contributed by atoms with Gasteiger partial charge in [0.2, 0.25) is 0 Å². The average molecular weight is 415 g/mol. The predicted octanol–water partition coefficient (Wildman–Crippen LogP) is 1.18. The number of aliphatic carboxylic acids is 1. The van der Waals surface area contributed by atoms with Crippen molar-refractivity contribution < 1.29 is 66.4 Å². The van der Waals surface area contributed by atoms with Crippen LogP contribution in [0.2, 0.25) is 0 Å². The van der Waals surface area contributed by atoms with Crippen LogP contribution in [0.25, 0.3) is 0 Å². The van der Waals surface area contributed by atoms with E-state index in [9.17, 15) is 15.0 Å². The molecule has 4 fully saturated rings. The van der Waals surface area contributed by atoms with Gasteiger partial charge in [-0.15, -0.1) is 0 Å². The van der Waals surface area contributed by atoms with Gasteiger partial charge >= 0.3 is 51.4 Å². The quantitative estimate of drug-likeness (QED) is 0.703. The van der Waals surface area contributed by atoms with Crippen molar-refractivity contribution in [3.05, 3.63) is 0 Å². The number of carbonyl (C=O) groups is 1. The van der Waals surface area contributed by atoms with Crippen molar-refractivity contribution in [3.63, 3.8) is 0 Å². The fourth-order valence-corrected chi connectivity index (χ4v) is 8.76. The number of carbonyl (C=O) groups excluding carboxylic acids is 1. The van der Waals surface area contributed by atoms with Crippen LogP contribution in [0.1, 0.15) is 91.4 Å². The Labute approximate surface area is 214 Å². The van der Waals surface area contributed by atoms with Crippen molar-refractivity contribution in [2.75, 3.05) is 0 Å². The number of fused-ring (bicyclic) bond motifs is 5. The molecule has 0 heterocycles. The van der Waals surface area contributed by atoms with Gasteiger partial charge in [0.15, 0.2) is 0 Å². The summed E-state index contributed by atoms with van der Waals surface area (Å²) in [5.41, 5.74) is 0.853. The Kier molecular flexibility index (Phi) is 7.54. The van der Waals surface area contributed by atoms with Crippen LogP contribution in [0, 0.1) is 46.3 Å². The van der Waals surface area contributed by atoms with Crippen LogP contribution < -0.4 is 56.5 Å². The molecule has 1 N–H and O–H groups in total. The molecule has 154 valence electrons. The monoisotopic (exact) mass is 414 g/mol. The van der Waals surface area contributed by atoms with E-state index in [2.05, 4.69) is 20.8 Å². The molecule has 3 nitrogen and oxygen atoms in total. The molecular formula is C24H39KO3. The van der Waals surface area contributed by atoms with Crippen molar-refractivity contribution in [2.24, 2.45) is 46.3 Å². The minimum absolute atomic E-state index is 0. The molecule has 0 amide bonds. The van der Waals surface area contributed by atoms with Crippen molar-refractivity contribution in [1.82, 2.24) is 0 Å². The van der Waals surface area contributed by atoms with E-state index >= 15 is 0 Å². The van der Waals surface area contributed by atoms with Gasteiger partial charge < -0.3 is 15.0 Å². The molecule has 0 aliphatic heterocycles.